The van der Waals surface area contributed by atoms with Crippen molar-refractivity contribution in [2.24, 2.45) is 0 Å². The van der Waals surface area contributed by atoms with Gasteiger partial charge in [0.2, 0.25) is 5.91 Å². The van der Waals surface area contributed by atoms with E-state index in [9.17, 15) is 4.79 Å². The normalized spacial score (nSPS) is 18.1. The van der Waals surface area contributed by atoms with Crippen molar-refractivity contribution in [1.82, 2.24) is 5.32 Å². The summed E-state index contributed by atoms with van der Waals surface area (Å²) in [6.45, 7) is 0.701. The van der Waals surface area contributed by atoms with Gasteiger partial charge < -0.3 is 5.32 Å². The van der Waals surface area contributed by atoms with Crippen LogP contribution in [0.1, 0.15) is 29.0 Å². The van der Waals surface area contributed by atoms with Gasteiger partial charge in [0.25, 0.3) is 0 Å². The maximum Gasteiger partial charge on any atom is 0.220 e. The second-order valence-electron chi connectivity index (χ2n) is 5.22. The van der Waals surface area contributed by atoms with Gasteiger partial charge in [-0.3, -0.25) is 4.79 Å². The van der Waals surface area contributed by atoms with Gasteiger partial charge in [-0.05, 0) is 28.8 Å². The molecule has 0 aromatic heterocycles. The van der Waals surface area contributed by atoms with Crippen LogP contribution >= 0.6 is 11.6 Å². The molecule has 0 aliphatic carbocycles. The molecule has 1 heterocycles. The summed E-state index contributed by atoms with van der Waals surface area (Å²) in [4.78, 5) is 11.4. The topological polar surface area (TPSA) is 29.1 Å². The Morgan fingerprint density at radius 1 is 1.10 bits per heavy atom. The summed E-state index contributed by atoms with van der Waals surface area (Å²) in [6.07, 6.45) is 4.69. The van der Waals surface area contributed by atoms with Gasteiger partial charge in [0.15, 0.2) is 0 Å². The van der Waals surface area contributed by atoms with Crippen molar-refractivity contribution < 1.29 is 4.79 Å². The molecule has 0 radical (unpaired) electrons. The van der Waals surface area contributed by atoms with Crippen LogP contribution in [0, 0.1) is 0 Å². The lowest BCUT2D eigenvalue weighted by molar-refractivity contribution is -0.119. The zero-order valence-electron chi connectivity index (χ0n) is 11.6. The van der Waals surface area contributed by atoms with E-state index in [0.717, 1.165) is 11.1 Å². The predicted molar refractivity (Wildman–Crippen MR) is 87.2 cm³/mol. The molecule has 1 fully saturated rings. The molecule has 1 saturated heterocycles. The van der Waals surface area contributed by atoms with Gasteiger partial charge in [-0.15, -0.1) is 0 Å². The van der Waals surface area contributed by atoms with Crippen LogP contribution < -0.4 is 5.32 Å². The third-order valence-electron chi connectivity index (χ3n) is 3.72. The SMILES string of the molecule is O=C1C[C@H](c2ccc(Cl)cc2/C=C/c2ccccc2)CN1. The second-order valence-corrected chi connectivity index (χ2v) is 5.66. The summed E-state index contributed by atoms with van der Waals surface area (Å²) in [5.41, 5.74) is 3.39. The monoisotopic (exact) mass is 297 g/mol. The van der Waals surface area contributed by atoms with E-state index in [-0.39, 0.29) is 11.8 Å². The third kappa shape index (κ3) is 3.34. The van der Waals surface area contributed by atoms with Gasteiger partial charge in [0.05, 0.1) is 0 Å². The predicted octanol–water partition coefficient (Wildman–Crippen LogP) is 4.11. The Morgan fingerprint density at radius 3 is 2.62 bits per heavy atom. The van der Waals surface area contributed by atoms with Crippen molar-refractivity contribution in [3.05, 3.63) is 70.2 Å². The Balaban J connectivity index is 1.91. The van der Waals surface area contributed by atoms with E-state index in [1.54, 1.807) is 0 Å². The molecule has 1 aliphatic rings. The fourth-order valence-electron chi connectivity index (χ4n) is 2.64. The van der Waals surface area contributed by atoms with E-state index in [1.807, 2.05) is 36.4 Å². The first-order valence-corrected chi connectivity index (χ1v) is 7.39. The molecule has 1 atom stereocenters. The average molecular weight is 298 g/mol. The van der Waals surface area contributed by atoms with Crippen LogP contribution in [-0.2, 0) is 4.79 Å². The average Bonchev–Trinajstić information content (AvgIpc) is 2.93. The Morgan fingerprint density at radius 2 is 1.90 bits per heavy atom. The summed E-state index contributed by atoms with van der Waals surface area (Å²) in [6, 6.07) is 16.0. The highest BCUT2D eigenvalue weighted by Gasteiger charge is 2.24. The fourth-order valence-corrected chi connectivity index (χ4v) is 2.82. The molecule has 3 heteroatoms. The Bertz CT molecular complexity index is 679. The van der Waals surface area contributed by atoms with Crippen LogP contribution in [0.4, 0.5) is 0 Å². The van der Waals surface area contributed by atoms with Crippen molar-refractivity contribution in [3.63, 3.8) is 0 Å². The lowest BCUT2D eigenvalue weighted by atomic mass is 9.93. The molecule has 0 spiro atoms. The molecule has 2 aromatic carbocycles. The second kappa shape index (κ2) is 6.15. The summed E-state index contributed by atoms with van der Waals surface area (Å²) in [5.74, 6) is 0.345. The molecule has 21 heavy (non-hydrogen) atoms. The van der Waals surface area contributed by atoms with Crippen molar-refractivity contribution >= 4 is 29.7 Å². The third-order valence-corrected chi connectivity index (χ3v) is 3.96. The van der Waals surface area contributed by atoms with Gasteiger partial charge in [-0.2, -0.15) is 0 Å². The molecule has 0 bridgehead atoms. The van der Waals surface area contributed by atoms with Gasteiger partial charge >= 0.3 is 0 Å². The first-order valence-electron chi connectivity index (χ1n) is 7.01. The Kier molecular flexibility index (Phi) is 4.07. The minimum Gasteiger partial charge on any atom is -0.355 e. The number of hydrogen-bond acceptors (Lipinski definition) is 1. The van der Waals surface area contributed by atoms with Gasteiger partial charge in [0.1, 0.15) is 0 Å². The van der Waals surface area contributed by atoms with Crippen molar-refractivity contribution in [3.8, 4) is 0 Å². The van der Waals surface area contributed by atoms with Crippen LogP contribution in [-0.4, -0.2) is 12.5 Å². The van der Waals surface area contributed by atoms with Gasteiger partial charge in [-0.25, -0.2) is 0 Å². The van der Waals surface area contributed by atoms with Crippen molar-refractivity contribution in [2.75, 3.05) is 6.54 Å². The van der Waals surface area contributed by atoms with Crippen molar-refractivity contribution in [2.45, 2.75) is 12.3 Å². The molecule has 2 aromatic rings. The number of carbonyl (C=O) groups excluding carboxylic acids is 1. The summed E-state index contributed by atoms with van der Waals surface area (Å²) in [5, 5.41) is 3.60. The maximum atomic E-state index is 11.4. The van der Waals surface area contributed by atoms with Crippen molar-refractivity contribution in [1.29, 1.82) is 0 Å². The van der Waals surface area contributed by atoms with Gasteiger partial charge in [0, 0.05) is 23.9 Å². The minimum atomic E-state index is 0.118. The number of nitrogens with one attached hydrogen (secondary N) is 1. The standard InChI is InChI=1S/C18H16ClNO/c19-16-8-9-17(15-11-18(21)20-12-15)14(10-16)7-6-13-4-2-1-3-5-13/h1-10,15H,11-12H2,(H,20,21)/b7-6+/t15-/m0/s1. The number of halogens is 1. The zero-order valence-corrected chi connectivity index (χ0v) is 12.3. The number of benzene rings is 2. The lowest BCUT2D eigenvalue weighted by Gasteiger charge is -2.12. The quantitative estimate of drug-likeness (QED) is 0.849. The maximum absolute atomic E-state index is 11.4. The summed E-state index contributed by atoms with van der Waals surface area (Å²) < 4.78 is 0. The molecular formula is C18H16ClNO. The van der Waals surface area contributed by atoms with Crippen LogP contribution in [0.5, 0.6) is 0 Å². The van der Waals surface area contributed by atoms with E-state index in [4.69, 9.17) is 11.6 Å². The van der Waals surface area contributed by atoms with E-state index in [1.165, 1.54) is 5.56 Å². The van der Waals surface area contributed by atoms with Crippen LogP contribution in [0.15, 0.2) is 48.5 Å². The Labute approximate surface area is 129 Å². The highest BCUT2D eigenvalue weighted by Crippen LogP contribution is 2.29. The molecule has 0 unspecified atom stereocenters. The molecule has 1 N–H and O–H groups in total. The largest absolute Gasteiger partial charge is 0.355 e. The van der Waals surface area contributed by atoms with Crippen LogP contribution in [0.3, 0.4) is 0 Å². The number of rotatable bonds is 3. The van der Waals surface area contributed by atoms with Crippen LogP contribution in [0.25, 0.3) is 12.2 Å². The molecule has 3 rings (SSSR count). The Hall–Kier alpha value is -2.06. The molecular weight excluding hydrogens is 282 g/mol. The van der Waals surface area contributed by atoms with E-state index >= 15 is 0 Å². The summed E-state index contributed by atoms with van der Waals surface area (Å²) >= 11 is 6.12. The molecule has 2 nitrogen and oxygen atoms in total. The molecule has 1 amide bonds. The zero-order chi connectivity index (χ0) is 14.7. The molecule has 0 saturated carbocycles. The smallest absolute Gasteiger partial charge is 0.220 e. The van der Waals surface area contributed by atoms with E-state index in [2.05, 4.69) is 29.6 Å². The highest BCUT2D eigenvalue weighted by molar-refractivity contribution is 6.30. The minimum absolute atomic E-state index is 0.118. The lowest BCUT2D eigenvalue weighted by Crippen LogP contribution is -2.13. The molecule has 106 valence electrons. The highest BCUT2D eigenvalue weighted by atomic mass is 35.5. The first kappa shape index (κ1) is 13.9. The van der Waals surface area contributed by atoms with E-state index < -0.39 is 0 Å². The number of hydrogen-bond donors (Lipinski definition) is 1. The first-order chi connectivity index (χ1) is 10.2. The fraction of sp³-hybridized carbons (Fsp3) is 0.167. The number of carbonyl (C=O) groups is 1. The van der Waals surface area contributed by atoms with Gasteiger partial charge in [-0.1, -0.05) is 60.2 Å². The van der Waals surface area contributed by atoms with Crippen LogP contribution in [0.2, 0.25) is 5.02 Å². The van der Waals surface area contributed by atoms with E-state index in [0.29, 0.717) is 18.0 Å². The number of amides is 1. The summed E-state index contributed by atoms with van der Waals surface area (Å²) in [7, 11) is 0. The molecule has 1 aliphatic heterocycles.